The summed E-state index contributed by atoms with van der Waals surface area (Å²) in [6.07, 6.45) is 0. The Morgan fingerprint density at radius 3 is 2.78 bits per heavy atom. The van der Waals surface area contributed by atoms with E-state index in [1.54, 1.807) is 11.6 Å². The molecule has 0 amide bonds. The van der Waals surface area contributed by atoms with Gasteiger partial charge in [-0.05, 0) is 24.3 Å². The fourth-order valence-corrected chi connectivity index (χ4v) is 1.98. The van der Waals surface area contributed by atoms with E-state index >= 15 is 0 Å². The molecule has 3 aromatic rings. The van der Waals surface area contributed by atoms with Crippen molar-refractivity contribution in [3.05, 3.63) is 42.5 Å². The van der Waals surface area contributed by atoms with Crippen LogP contribution in [0.2, 0.25) is 0 Å². The van der Waals surface area contributed by atoms with Gasteiger partial charge in [-0.2, -0.15) is 4.98 Å². The molecule has 2 aromatic heterocycles. The first-order valence-corrected chi connectivity index (χ1v) is 5.54. The molecule has 90 valence electrons. The molecule has 3 rings (SSSR count). The molecular weight excluding hydrogens is 228 g/mol. The third kappa shape index (κ3) is 1.57. The predicted octanol–water partition coefficient (Wildman–Crippen LogP) is 1.99. The van der Waals surface area contributed by atoms with E-state index in [0.29, 0.717) is 0 Å². The maximum absolute atomic E-state index is 5.63. The first-order chi connectivity index (χ1) is 8.79. The van der Waals surface area contributed by atoms with Gasteiger partial charge in [-0.25, -0.2) is 4.52 Å². The second-order valence-electron chi connectivity index (χ2n) is 3.85. The van der Waals surface area contributed by atoms with E-state index in [4.69, 9.17) is 10.5 Å². The minimum atomic E-state index is 0.261. The van der Waals surface area contributed by atoms with Crippen molar-refractivity contribution in [3.63, 3.8) is 0 Å². The van der Waals surface area contributed by atoms with Crippen molar-refractivity contribution in [2.45, 2.75) is 0 Å². The van der Waals surface area contributed by atoms with Crippen LogP contribution in [0.3, 0.4) is 0 Å². The topological polar surface area (TPSA) is 65.4 Å². The fourth-order valence-electron chi connectivity index (χ4n) is 1.98. The molecule has 0 radical (unpaired) electrons. The number of ether oxygens (including phenoxy) is 1. The molecule has 5 heteroatoms. The summed E-state index contributed by atoms with van der Waals surface area (Å²) >= 11 is 0. The van der Waals surface area contributed by atoms with E-state index in [9.17, 15) is 0 Å². The molecule has 5 nitrogen and oxygen atoms in total. The normalized spacial score (nSPS) is 10.7. The average molecular weight is 240 g/mol. The van der Waals surface area contributed by atoms with Gasteiger partial charge < -0.3 is 10.5 Å². The summed E-state index contributed by atoms with van der Waals surface area (Å²) in [5.74, 6) is 1.05. The van der Waals surface area contributed by atoms with Crippen LogP contribution in [-0.4, -0.2) is 21.7 Å². The van der Waals surface area contributed by atoms with E-state index < -0.39 is 0 Å². The van der Waals surface area contributed by atoms with E-state index in [-0.39, 0.29) is 5.95 Å². The van der Waals surface area contributed by atoms with Crippen molar-refractivity contribution in [2.24, 2.45) is 0 Å². The van der Waals surface area contributed by atoms with Gasteiger partial charge in [-0.3, -0.25) is 0 Å². The number of nitrogens with zero attached hydrogens (tertiary/aromatic N) is 3. The second kappa shape index (κ2) is 4.03. The highest BCUT2D eigenvalue weighted by molar-refractivity contribution is 5.69. The number of anilines is 1. The van der Waals surface area contributed by atoms with Crippen LogP contribution in [-0.2, 0) is 0 Å². The lowest BCUT2D eigenvalue weighted by Crippen LogP contribution is -1.96. The molecule has 2 heterocycles. The van der Waals surface area contributed by atoms with Gasteiger partial charge >= 0.3 is 0 Å². The van der Waals surface area contributed by atoms with Gasteiger partial charge in [0.1, 0.15) is 5.75 Å². The minimum absolute atomic E-state index is 0.261. The third-order valence-electron chi connectivity index (χ3n) is 2.76. The van der Waals surface area contributed by atoms with Crippen molar-refractivity contribution in [3.8, 4) is 17.0 Å². The fraction of sp³-hybridized carbons (Fsp3) is 0.0769. The lowest BCUT2D eigenvalue weighted by molar-refractivity contribution is 0.416. The van der Waals surface area contributed by atoms with Gasteiger partial charge in [0.15, 0.2) is 5.65 Å². The number of hydrogen-bond donors (Lipinski definition) is 1. The van der Waals surface area contributed by atoms with Crippen molar-refractivity contribution in [1.29, 1.82) is 0 Å². The number of rotatable bonds is 2. The Kier molecular flexibility index (Phi) is 2.37. The average Bonchev–Trinajstić information content (AvgIpc) is 2.78. The van der Waals surface area contributed by atoms with Crippen molar-refractivity contribution in [2.75, 3.05) is 12.8 Å². The molecule has 0 atom stereocenters. The Hall–Kier alpha value is -2.56. The number of nitrogen functional groups attached to an aromatic ring is 1. The number of para-hydroxylation sites is 1. The molecule has 18 heavy (non-hydrogen) atoms. The van der Waals surface area contributed by atoms with Crippen LogP contribution in [0.4, 0.5) is 5.95 Å². The molecule has 0 spiro atoms. The number of pyridine rings is 1. The molecule has 0 fully saturated rings. The maximum atomic E-state index is 5.63. The van der Waals surface area contributed by atoms with Gasteiger partial charge in [-0.1, -0.05) is 18.2 Å². The standard InChI is InChI=1S/C13H12N4O/c1-18-11-7-3-2-5-9(11)10-6-4-8-12-15-13(14)16-17(10)12/h2-8H,1H3,(H2,14,16). The summed E-state index contributed by atoms with van der Waals surface area (Å²) in [5, 5.41) is 4.19. The van der Waals surface area contributed by atoms with E-state index in [0.717, 1.165) is 22.7 Å². The highest BCUT2D eigenvalue weighted by atomic mass is 16.5. The Labute approximate surface area is 104 Å². The molecule has 0 unspecified atom stereocenters. The van der Waals surface area contributed by atoms with Crippen LogP contribution in [0, 0.1) is 0 Å². The van der Waals surface area contributed by atoms with E-state index in [1.807, 2.05) is 42.5 Å². The van der Waals surface area contributed by atoms with Crippen molar-refractivity contribution < 1.29 is 4.74 Å². The first kappa shape index (κ1) is 10.6. The van der Waals surface area contributed by atoms with E-state index in [1.165, 1.54) is 0 Å². The summed E-state index contributed by atoms with van der Waals surface area (Å²) in [6.45, 7) is 0. The molecule has 0 aliphatic carbocycles. The molecule has 0 aliphatic rings. The van der Waals surface area contributed by atoms with Gasteiger partial charge in [0.25, 0.3) is 0 Å². The summed E-state index contributed by atoms with van der Waals surface area (Å²) in [6, 6.07) is 13.5. The lowest BCUT2D eigenvalue weighted by Gasteiger charge is -2.09. The number of nitrogens with two attached hydrogens (primary N) is 1. The zero-order chi connectivity index (χ0) is 12.5. The van der Waals surface area contributed by atoms with Gasteiger partial charge in [0.2, 0.25) is 5.95 Å². The highest BCUT2D eigenvalue weighted by Crippen LogP contribution is 2.29. The van der Waals surface area contributed by atoms with Gasteiger partial charge in [0.05, 0.1) is 12.8 Å². The van der Waals surface area contributed by atoms with Crippen LogP contribution < -0.4 is 10.5 Å². The van der Waals surface area contributed by atoms with Crippen molar-refractivity contribution >= 4 is 11.6 Å². The SMILES string of the molecule is COc1ccccc1-c1cccc2nc(N)nn12. The molecule has 0 saturated heterocycles. The Bertz CT molecular complexity index is 705. The number of hydrogen-bond acceptors (Lipinski definition) is 4. The van der Waals surface area contributed by atoms with Crippen LogP contribution in [0.1, 0.15) is 0 Å². The molecule has 0 saturated carbocycles. The summed E-state index contributed by atoms with van der Waals surface area (Å²) < 4.78 is 7.08. The smallest absolute Gasteiger partial charge is 0.240 e. The van der Waals surface area contributed by atoms with Gasteiger partial charge in [-0.15, -0.1) is 5.10 Å². The van der Waals surface area contributed by atoms with E-state index in [2.05, 4.69) is 10.1 Å². The number of aromatic nitrogens is 3. The lowest BCUT2D eigenvalue weighted by atomic mass is 10.1. The van der Waals surface area contributed by atoms with Crippen molar-refractivity contribution in [1.82, 2.24) is 14.6 Å². The summed E-state index contributed by atoms with van der Waals surface area (Å²) in [5.41, 5.74) is 8.20. The Morgan fingerprint density at radius 2 is 1.94 bits per heavy atom. The number of fused-ring (bicyclic) bond motifs is 1. The number of methoxy groups -OCH3 is 1. The Morgan fingerprint density at radius 1 is 1.11 bits per heavy atom. The largest absolute Gasteiger partial charge is 0.496 e. The second-order valence-corrected chi connectivity index (χ2v) is 3.85. The summed E-state index contributed by atoms with van der Waals surface area (Å²) in [4.78, 5) is 4.14. The molecular formula is C13H12N4O. The molecule has 2 N–H and O–H groups in total. The molecule has 1 aromatic carbocycles. The highest BCUT2D eigenvalue weighted by Gasteiger charge is 2.10. The van der Waals surface area contributed by atoms with Gasteiger partial charge in [0, 0.05) is 5.56 Å². The zero-order valence-corrected chi connectivity index (χ0v) is 9.87. The maximum Gasteiger partial charge on any atom is 0.240 e. The molecule has 0 aliphatic heterocycles. The molecule has 0 bridgehead atoms. The van der Waals surface area contributed by atoms with Crippen LogP contribution in [0.15, 0.2) is 42.5 Å². The zero-order valence-electron chi connectivity index (χ0n) is 9.87. The summed E-state index contributed by atoms with van der Waals surface area (Å²) in [7, 11) is 1.65. The monoisotopic (exact) mass is 240 g/mol. The van der Waals surface area contributed by atoms with Crippen LogP contribution in [0.25, 0.3) is 16.9 Å². The van der Waals surface area contributed by atoms with Crippen LogP contribution in [0.5, 0.6) is 5.75 Å². The predicted molar refractivity (Wildman–Crippen MR) is 69.4 cm³/mol. The Balaban J connectivity index is 2.31. The quantitative estimate of drug-likeness (QED) is 0.744. The first-order valence-electron chi connectivity index (χ1n) is 5.54. The number of benzene rings is 1. The minimum Gasteiger partial charge on any atom is -0.496 e. The third-order valence-corrected chi connectivity index (χ3v) is 2.76. The van der Waals surface area contributed by atoms with Crippen LogP contribution >= 0.6 is 0 Å².